The lowest BCUT2D eigenvalue weighted by Gasteiger charge is -2.20. The number of hydrogen-bond acceptors (Lipinski definition) is 4. The molecule has 4 rings (SSSR count). The van der Waals surface area contributed by atoms with Gasteiger partial charge in [-0.25, -0.2) is 4.98 Å². The van der Waals surface area contributed by atoms with Crippen molar-refractivity contribution < 1.29 is 0 Å². The van der Waals surface area contributed by atoms with E-state index in [-0.39, 0.29) is 17.6 Å². The second-order valence-electron chi connectivity index (χ2n) is 7.64. The van der Waals surface area contributed by atoms with E-state index >= 15 is 0 Å². The number of fused-ring (bicyclic) bond motifs is 3. The Balaban J connectivity index is 1.61. The Morgan fingerprint density at radius 3 is 2.74 bits per heavy atom. The van der Waals surface area contributed by atoms with Gasteiger partial charge in [0.25, 0.3) is 5.56 Å². The van der Waals surface area contributed by atoms with Gasteiger partial charge in [-0.3, -0.25) is 4.79 Å². The lowest BCUT2D eigenvalue weighted by molar-refractivity contribution is 0.477. The largest absolute Gasteiger partial charge is 0.309 e. The molecule has 2 heterocycles. The SMILES string of the molecule is C[C@@H]1CCc2c(sc3nc([C@H](C)N[C@@H](C)c4ccc(Cl)cc4)[nH]c(=O)c23)C1. The molecule has 0 spiro atoms. The standard InChI is InChI=1S/C21H24ClN3OS/c1-11-4-9-16-17(10-11)27-21-18(16)20(26)24-19(25-21)13(3)23-12(2)14-5-7-15(22)8-6-14/h5-8,11-13,23H,4,9-10H2,1-3H3,(H,24,25,26)/t11-,12+,13+/m1/s1. The maximum atomic E-state index is 12.8. The molecule has 27 heavy (non-hydrogen) atoms. The summed E-state index contributed by atoms with van der Waals surface area (Å²) in [7, 11) is 0. The number of benzene rings is 1. The van der Waals surface area contributed by atoms with Crippen LogP contribution in [0.25, 0.3) is 10.2 Å². The smallest absolute Gasteiger partial charge is 0.259 e. The maximum Gasteiger partial charge on any atom is 0.259 e. The van der Waals surface area contributed by atoms with Crippen LogP contribution in [0.3, 0.4) is 0 Å². The molecular formula is C21H24ClN3OS. The van der Waals surface area contributed by atoms with Crippen LogP contribution in [0.5, 0.6) is 0 Å². The second-order valence-corrected chi connectivity index (χ2v) is 9.16. The molecule has 0 radical (unpaired) electrons. The number of halogens is 1. The van der Waals surface area contributed by atoms with Crippen LogP contribution < -0.4 is 10.9 Å². The summed E-state index contributed by atoms with van der Waals surface area (Å²) < 4.78 is 0. The topological polar surface area (TPSA) is 57.8 Å². The maximum absolute atomic E-state index is 12.8. The molecule has 2 N–H and O–H groups in total. The van der Waals surface area contributed by atoms with Crippen molar-refractivity contribution in [2.45, 2.75) is 52.1 Å². The third-order valence-electron chi connectivity index (χ3n) is 5.46. The Kier molecular flexibility index (Phi) is 5.10. The predicted molar refractivity (Wildman–Crippen MR) is 113 cm³/mol. The molecule has 6 heteroatoms. The van der Waals surface area contributed by atoms with Crippen LogP contribution in [0.15, 0.2) is 29.1 Å². The highest BCUT2D eigenvalue weighted by Gasteiger charge is 2.24. The van der Waals surface area contributed by atoms with E-state index in [9.17, 15) is 4.79 Å². The first-order valence-electron chi connectivity index (χ1n) is 9.48. The van der Waals surface area contributed by atoms with Crippen molar-refractivity contribution in [1.29, 1.82) is 0 Å². The van der Waals surface area contributed by atoms with Gasteiger partial charge in [0.1, 0.15) is 10.7 Å². The van der Waals surface area contributed by atoms with E-state index in [0.717, 1.165) is 40.1 Å². The minimum absolute atomic E-state index is 0.00477. The van der Waals surface area contributed by atoms with Gasteiger partial charge in [-0.1, -0.05) is 30.7 Å². The summed E-state index contributed by atoms with van der Waals surface area (Å²) in [5, 5.41) is 5.06. The molecule has 0 fully saturated rings. The molecule has 0 aliphatic heterocycles. The molecule has 0 unspecified atom stereocenters. The Morgan fingerprint density at radius 2 is 2.00 bits per heavy atom. The van der Waals surface area contributed by atoms with E-state index in [4.69, 9.17) is 16.6 Å². The summed E-state index contributed by atoms with van der Waals surface area (Å²) in [4.78, 5) is 22.8. The molecule has 0 amide bonds. The number of aryl methyl sites for hydroxylation is 1. The molecule has 1 aromatic carbocycles. The Bertz CT molecular complexity index is 1020. The van der Waals surface area contributed by atoms with Gasteiger partial charge in [0, 0.05) is 15.9 Å². The van der Waals surface area contributed by atoms with Crippen LogP contribution >= 0.6 is 22.9 Å². The summed E-state index contributed by atoms with van der Waals surface area (Å²) >= 11 is 7.67. The predicted octanol–water partition coefficient (Wildman–Crippen LogP) is 5.17. The third kappa shape index (κ3) is 3.68. The van der Waals surface area contributed by atoms with Crippen LogP contribution in [-0.2, 0) is 12.8 Å². The second kappa shape index (κ2) is 7.38. The van der Waals surface area contributed by atoms with E-state index in [2.05, 4.69) is 24.1 Å². The van der Waals surface area contributed by atoms with E-state index < -0.39 is 0 Å². The quantitative estimate of drug-likeness (QED) is 0.633. The first-order chi connectivity index (χ1) is 12.9. The summed E-state index contributed by atoms with van der Waals surface area (Å²) in [6, 6.07) is 7.87. The Hall–Kier alpha value is -1.69. The number of aromatic amines is 1. The number of aromatic nitrogens is 2. The molecule has 142 valence electrons. The van der Waals surface area contributed by atoms with Crippen molar-refractivity contribution in [3.8, 4) is 0 Å². The number of hydrogen-bond donors (Lipinski definition) is 2. The van der Waals surface area contributed by atoms with E-state index in [1.807, 2.05) is 31.2 Å². The van der Waals surface area contributed by atoms with Gasteiger partial charge in [-0.05, 0) is 62.3 Å². The van der Waals surface area contributed by atoms with Gasteiger partial charge in [0.15, 0.2) is 0 Å². The number of nitrogens with one attached hydrogen (secondary N) is 2. The molecule has 0 bridgehead atoms. The van der Waals surface area contributed by atoms with Crippen LogP contribution in [0, 0.1) is 5.92 Å². The third-order valence-corrected chi connectivity index (χ3v) is 6.86. The normalized spacial score (nSPS) is 19.0. The minimum atomic E-state index is -0.0640. The summed E-state index contributed by atoms with van der Waals surface area (Å²) in [6.45, 7) is 6.41. The fraction of sp³-hybridized carbons (Fsp3) is 0.429. The van der Waals surface area contributed by atoms with Crippen molar-refractivity contribution in [1.82, 2.24) is 15.3 Å². The average Bonchev–Trinajstić information content (AvgIpc) is 2.99. The Labute approximate surface area is 168 Å². The highest BCUT2D eigenvalue weighted by atomic mass is 35.5. The molecule has 1 aliphatic rings. The summed E-state index contributed by atoms with van der Waals surface area (Å²) in [6.07, 6.45) is 3.20. The molecule has 3 aromatic rings. The van der Waals surface area contributed by atoms with Crippen LogP contribution in [0.2, 0.25) is 5.02 Å². The van der Waals surface area contributed by atoms with Gasteiger partial charge >= 0.3 is 0 Å². The number of thiophene rings is 1. The molecule has 1 aliphatic carbocycles. The van der Waals surface area contributed by atoms with Crippen molar-refractivity contribution in [3.63, 3.8) is 0 Å². The molecule has 0 saturated heterocycles. The molecule has 3 atom stereocenters. The highest BCUT2D eigenvalue weighted by Crippen LogP contribution is 2.35. The lowest BCUT2D eigenvalue weighted by atomic mass is 9.89. The van der Waals surface area contributed by atoms with Gasteiger partial charge in [0.05, 0.1) is 11.4 Å². The monoisotopic (exact) mass is 401 g/mol. The zero-order valence-corrected chi connectivity index (χ0v) is 17.4. The van der Waals surface area contributed by atoms with Gasteiger partial charge in [-0.15, -0.1) is 11.3 Å². The van der Waals surface area contributed by atoms with Crippen LogP contribution in [0.1, 0.15) is 61.1 Å². The zero-order chi connectivity index (χ0) is 19.1. The fourth-order valence-corrected chi connectivity index (χ4v) is 5.39. The molecule has 4 nitrogen and oxygen atoms in total. The van der Waals surface area contributed by atoms with Crippen molar-refractivity contribution in [2.24, 2.45) is 5.92 Å². The van der Waals surface area contributed by atoms with Crippen molar-refractivity contribution >= 4 is 33.2 Å². The average molecular weight is 402 g/mol. The first kappa shape index (κ1) is 18.7. The fourth-order valence-electron chi connectivity index (χ4n) is 3.87. The lowest BCUT2D eigenvalue weighted by Crippen LogP contribution is -2.26. The minimum Gasteiger partial charge on any atom is -0.309 e. The number of H-pyrrole nitrogens is 1. The molecule has 2 aromatic heterocycles. The van der Waals surface area contributed by atoms with E-state index in [1.54, 1.807) is 11.3 Å². The molecule has 0 saturated carbocycles. The Morgan fingerprint density at radius 1 is 1.26 bits per heavy atom. The zero-order valence-electron chi connectivity index (χ0n) is 15.8. The van der Waals surface area contributed by atoms with Gasteiger partial charge in [-0.2, -0.15) is 0 Å². The van der Waals surface area contributed by atoms with E-state index in [1.165, 1.54) is 10.4 Å². The van der Waals surface area contributed by atoms with Crippen molar-refractivity contribution in [3.05, 3.63) is 61.5 Å². The number of rotatable bonds is 4. The van der Waals surface area contributed by atoms with Crippen LogP contribution in [0.4, 0.5) is 0 Å². The summed E-state index contributed by atoms with van der Waals surface area (Å²) in [5.41, 5.74) is 2.37. The number of nitrogens with zero attached hydrogens (tertiary/aromatic N) is 1. The van der Waals surface area contributed by atoms with Crippen LogP contribution in [-0.4, -0.2) is 9.97 Å². The first-order valence-corrected chi connectivity index (χ1v) is 10.7. The van der Waals surface area contributed by atoms with Crippen molar-refractivity contribution in [2.75, 3.05) is 0 Å². The molecular weight excluding hydrogens is 378 g/mol. The van der Waals surface area contributed by atoms with Gasteiger partial charge in [0.2, 0.25) is 0 Å². The summed E-state index contributed by atoms with van der Waals surface area (Å²) in [5.74, 6) is 1.38. The van der Waals surface area contributed by atoms with Gasteiger partial charge < -0.3 is 10.3 Å². The highest BCUT2D eigenvalue weighted by molar-refractivity contribution is 7.18. The van der Waals surface area contributed by atoms with E-state index in [0.29, 0.717) is 11.7 Å².